The summed E-state index contributed by atoms with van der Waals surface area (Å²) in [7, 11) is 0. The van der Waals surface area contributed by atoms with Gasteiger partial charge in [-0.1, -0.05) is 24.3 Å². The molecule has 1 aliphatic heterocycles. The van der Waals surface area contributed by atoms with Crippen LogP contribution >= 0.6 is 0 Å². The molecule has 16 heavy (non-hydrogen) atoms. The Morgan fingerprint density at radius 3 is 2.75 bits per heavy atom. The molecule has 1 aliphatic rings. The molecule has 0 spiro atoms. The van der Waals surface area contributed by atoms with Crippen molar-refractivity contribution in [3.05, 3.63) is 35.4 Å². The number of nitrogens with zero attached hydrogens (tertiary/aromatic N) is 1. The summed E-state index contributed by atoms with van der Waals surface area (Å²) in [6.45, 7) is 11.2. The van der Waals surface area contributed by atoms with Crippen LogP contribution in [0.3, 0.4) is 0 Å². The summed E-state index contributed by atoms with van der Waals surface area (Å²) in [5.74, 6) is 0. The third-order valence-corrected chi connectivity index (χ3v) is 3.59. The number of hydrogen-bond acceptors (Lipinski definition) is 2. The number of nitrogens with one attached hydrogen (secondary N) is 1. The van der Waals surface area contributed by atoms with Gasteiger partial charge in [0, 0.05) is 31.7 Å². The van der Waals surface area contributed by atoms with E-state index in [9.17, 15) is 0 Å². The van der Waals surface area contributed by atoms with Gasteiger partial charge in [0.05, 0.1) is 0 Å². The van der Waals surface area contributed by atoms with Gasteiger partial charge in [-0.3, -0.25) is 4.90 Å². The molecule has 2 nitrogen and oxygen atoms in total. The molecule has 1 fully saturated rings. The van der Waals surface area contributed by atoms with Crippen molar-refractivity contribution in [3.8, 4) is 0 Å². The standard InChI is InChI=1S/C14H22N2/c1-12-6-4-5-7-13(12)10-16-9-8-15-11-14(16,2)3/h4-7,15H,8-11H2,1-3H3. The van der Waals surface area contributed by atoms with E-state index in [1.165, 1.54) is 11.1 Å². The van der Waals surface area contributed by atoms with Gasteiger partial charge in [-0.15, -0.1) is 0 Å². The van der Waals surface area contributed by atoms with Gasteiger partial charge in [0.1, 0.15) is 0 Å². The number of piperazine rings is 1. The molecule has 0 unspecified atom stereocenters. The minimum absolute atomic E-state index is 0.264. The molecule has 2 rings (SSSR count). The largest absolute Gasteiger partial charge is 0.314 e. The van der Waals surface area contributed by atoms with Crippen LogP contribution in [0.1, 0.15) is 25.0 Å². The van der Waals surface area contributed by atoms with Crippen LogP contribution in [0.15, 0.2) is 24.3 Å². The van der Waals surface area contributed by atoms with E-state index in [0.717, 1.165) is 26.2 Å². The van der Waals surface area contributed by atoms with Crippen LogP contribution in [0.25, 0.3) is 0 Å². The molecule has 0 saturated carbocycles. The van der Waals surface area contributed by atoms with Gasteiger partial charge in [0.2, 0.25) is 0 Å². The molecule has 0 atom stereocenters. The van der Waals surface area contributed by atoms with Crippen LogP contribution in [-0.2, 0) is 6.54 Å². The van der Waals surface area contributed by atoms with Gasteiger partial charge in [-0.2, -0.15) is 0 Å². The predicted molar refractivity (Wildman–Crippen MR) is 68.5 cm³/mol. The lowest BCUT2D eigenvalue weighted by Crippen LogP contribution is -2.57. The Morgan fingerprint density at radius 1 is 1.31 bits per heavy atom. The van der Waals surface area contributed by atoms with E-state index in [-0.39, 0.29) is 5.54 Å². The first-order valence-electron chi connectivity index (χ1n) is 6.10. The Bertz CT molecular complexity index is 358. The summed E-state index contributed by atoms with van der Waals surface area (Å²) in [5.41, 5.74) is 3.12. The van der Waals surface area contributed by atoms with Crippen LogP contribution in [0.2, 0.25) is 0 Å². The van der Waals surface area contributed by atoms with E-state index in [1.54, 1.807) is 0 Å². The molecule has 0 amide bonds. The van der Waals surface area contributed by atoms with Crippen molar-refractivity contribution in [3.63, 3.8) is 0 Å². The Hall–Kier alpha value is -0.860. The Labute approximate surface area is 98.7 Å². The number of hydrogen-bond donors (Lipinski definition) is 1. The maximum absolute atomic E-state index is 3.46. The van der Waals surface area contributed by atoms with Crippen molar-refractivity contribution in [2.75, 3.05) is 19.6 Å². The van der Waals surface area contributed by atoms with Crippen LogP contribution in [0, 0.1) is 6.92 Å². The van der Waals surface area contributed by atoms with Gasteiger partial charge >= 0.3 is 0 Å². The molecule has 1 saturated heterocycles. The van der Waals surface area contributed by atoms with Crippen LogP contribution in [-0.4, -0.2) is 30.1 Å². The van der Waals surface area contributed by atoms with Gasteiger partial charge in [0.15, 0.2) is 0 Å². The molecule has 88 valence electrons. The number of rotatable bonds is 2. The van der Waals surface area contributed by atoms with Gasteiger partial charge in [0.25, 0.3) is 0 Å². The lowest BCUT2D eigenvalue weighted by Gasteiger charge is -2.43. The second-order valence-electron chi connectivity index (χ2n) is 5.34. The maximum atomic E-state index is 3.46. The highest BCUT2D eigenvalue weighted by Gasteiger charge is 2.29. The summed E-state index contributed by atoms with van der Waals surface area (Å²) in [6, 6.07) is 8.69. The summed E-state index contributed by atoms with van der Waals surface area (Å²) < 4.78 is 0. The van der Waals surface area contributed by atoms with Crippen LogP contribution in [0.5, 0.6) is 0 Å². The number of aryl methyl sites for hydroxylation is 1. The fraction of sp³-hybridized carbons (Fsp3) is 0.571. The zero-order chi connectivity index (χ0) is 11.6. The molecule has 1 N–H and O–H groups in total. The highest BCUT2D eigenvalue weighted by molar-refractivity contribution is 5.25. The van der Waals surface area contributed by atoms with Crippen molar-refractivity contribution >= 4 is 0 Å². The van der Waals surface area contributed by atoms with E-state index < -0.39 is 0 Å². The van der Waals surface area contributed by atoms with Gasteiger partial charge in [-0.25, -0.2) is 0 Å². The van der Waals surface area contributed by atoms with Crippen LogP contribution in [0.4, 0.5) is 0 Å². The second kappa shape index (κ2) is 4.56. The topological polar surface area (TPSA) is 15.3 Å². The van der Waals surface area contributed by atoms with E-state index in [2.05, 4.69) is 55.3 Å². The molecule has 1 aromatic carbocycles. The monoisotopic (exact) mass is 218 g/mol. The third-order valence-electron chi connectivity index (χ3n) is 3.59. The molecule has 0 aromatic heterocycles. The highest BCUT2D eigenvalue weighted by atomic mass is 15.2. The number of benzene rings is 1. The van der Waals surface area contributed by atoms with Crippen molar-refractivity contribution in [1.29, 1.82) is 0 Å². The second-order valence-corrected chi connectivity index (χ2v) is 5.34. The Kier molecular flexibility index (Phi) is 3.31. The van der Waals surface area contributed by atoms with Gasteiger partial charge in [-0.05, 0) is 31.9 Å². The Morgan fingerprint density at radius 2 is 2.06 bits per heavy atom. The first-order chi connectivity index (χ1) is 7.59. The van der Waals surface area contributed by atoms with Crippen molar-refractivity contribution in [2.24, 2.45) is 0 Å². The van der Waals surface area contributed by atoms with E-state index in [4.69, 9.17) is 0 Å². The van der Waals surface area contributed by atoms with Crippen molar-refractivity contribution in [2.45, 2.75) is 32.9 Å². The van der Waals surface area contributed by atoms with Crippen molar-refractivity contribution < 1.29 is 0 Å². The molecule has 0 bridgehead atoms. The maximum Gasteiger partial charge on any atom is 0.0281 e. The fourth-order valence-electron chi connectivity index (χ4n) is 2.31. The van der Waals surface area contributed by atoms with Gasteiger partial charge < -0.3 is 5.32 Å². The summed E-state index contributed by atoms with van der Waals surface area (Å²) in [4.78, 5) is 2.58. The van der Waals surface area contributed by atoms with Crippen LogP contribution < -0.4 is 5.32 Å². The van der Waals surface area contributed by atoms with E-state index in [1.807, 2.05) is 0 Å². The highest BCUT2D eigenvalue weighted by Crippen LogP contribution is 2.20. The lowest BCUT2D eigenvalue weighted by molar-refractivity contribution is 0.0826. The molecule has 2 heteroatoms. The zero-order valence-electron chi connectivity index (χ0n) is 10.6. The average Bonchev–Trinajstić information content (AvgIpc) is 2.24. The smallest absolute Gasteiger partial charge is 0.0281 e. The molecule has 1 aromatic rings. The SMILES string of the molecule is Cc1ccccc1CN1CCNCC1(C)C. The minimum Gasteiger partial charge on any atom is -0.314 e. The summed E-state index contributed by atoms with van der Waals surface area (Å²) >= 11 is 0. The first-order valence-corrected chi connectivity index (χ1v) is 6.10. The molecular weight excluding hydrogens is 196 g/mol. The average molecular weight is 218 g/mol. The zero-order valence-corrected chi connectivity index (χ0v) is 10.6. The summed E-state index contributed by atoms with van der Waals surface area (Å²) in [6.07, 6.45) is 0. The third kappa shape index (κ3) is 2.45. The molecule has 0 aliphatic carbocycles. The normalized spacial score (nSPS) is 20.9. The molecule has 0 radical (unpaired) electrons. The molecule has 1 heterocycles. The lowest BCUT2D eigenvalue weighted by atomic mass is 9.98. The first kappa shape index (κ1) is 11.6. The quantitative estimate of drug-likeness (QED) is 0.818. The molecular formula is C14H22N2. The van der Waals surface area contributed by atoms with E-state index >= 15 is 0 Å². The predicted octanol–water partition coefficient (Wildman–Crippen LogP) is 2.18. The van der Waals surface area contributed by atoms with E-state index in [0.29, 0.717) is 0 Å². The van der Waals surface area contributed by atoms with Crippen molar-refractivity contribution in [1.82, 2.24) is 10.2 Å². The minimum atomic E-state index is 0.264. The summed E-state index contributed by atoms with van der Waals surface area (Å²) in [5, 5.41) is 3.46. The fourth-order valence-corrected chi connectivity index (χ4v) is 2.31. The Balaban J connectivity index is 2.12.